The summed E-state index contributed by atoms with van der Waals surface area (Å²) < 4.78 is 6.14. The van der Waals surface area contributed by atoms with Crippen LogP contribution in [0.4, 0.5) is 0 Å². The summed E-state index contributed by atoms with van der Waals surface area (Å²) in [5.74, 6) is 0. The predicted molar refractivity (Wildman–Crippen MR) is 100 cm³/mol. The minimum atomic E-state index is -0.0322. The highest BCUT2D eigenvalue weighted by molar-refractivity contribution is 5.70. The number of aliphatic hydroxyl groups excluding tert-OH is 1. The van der Waals surface area contributed by atoms with Crippen LogP contribution < -0.4 is 0 Å². The van der Waals surface area contributed by atoms with Crippen LogP contribution in [0.2, 0.25) is 0 Å². The number of nitrogens with zero attached hydrogens (tertiary/aromatic N) is 2. The summed E-state index contributed by atoms with van der Waals surface area (Å²) in [6.07, 6.45) is 3.38. The molecule has 0 amide bonds. The van der Waals surface area contributed by atoms with E-state index in [-0.39, 0.29) is 18.2 Å². The van der Waals surface area contributed by atoms with Crippen LogP contribution in [0.15, 0.2) is 48.5 Å². The molecule has 4 nitrogen and oxygen atoms in total. The average molecular weight is 348 g/mol. The molecule has 2 saturated heterocycles. The number of rotatable bonds is 5. The number of hydrogen-bond acceptors (Lipinski definition) is 4. The van der Waals surface area contributed by atoms with Gasteiger partial charge < -0.3 is 9.84 Å². The monoisotopic (exact) mass is 348 g/mol. The molecule has 2 aliphatic rings. The maximum atomic E-state index is 9.79. The van der Waals surface area contributed by atoms with E-state index in [2.05, 4.69) is 35.2 Å². The molecule has 26 heavy (non-hydrogen) atoms. The highest BCUT2D eigenvalue weighted by atomic mass is 16.5. The van der Waals surface area contributed by atoms with Crippen LogP contribution in [0.1, 0.15) is 30.4 Å². The Morgan fingerprint density at radius 2 is 2.00 bits per heavy atom. The normalized spacial score (nSPS) is 25.2. The Balaban J connectivity index is 1.39. The third-order valence-corrected chi connectivity index (χ3v) is 5.87. The first-order valence-corrected chi connectivity index (χ1v) is 9.30. The summed E-state index contributed by atoms with van der Waals surface area (Å²) in [7, 11) is 0. The van der Waals surface area contributed by atoms with E-state index in [0.29, 0.717) is 12.2 Å². The molecule has 4 rings (SSSR count). The molecule has 0 saturated carbocycles. The smallest absolute Gasteiger partial charge is 0.0998 e. The van der Waals surface area contributed by atoms with E-state index in [9.17, 15) is 10.4 Å². The van der Waals surface area contributed by atoms with E-state index >= 15 is 0 Å². The maximum Gasteiger partial charge on any atom is 0.0998 e. The van der Waals surface area contributed by atoms with Crippen molar-refractivity contribution in [3.05, 3.63) is 59.7 Å². The quantitative estimate of drug-likeness (QED) is 0.900. The van der Waals surface area contributed by atoms with Gasteiger partial charge in [0.1, 0.15) is 0 Å². The van der Waals surface area contributed by atoms with Gasteiger partial charge in [-0.05, 0) is 48.6 Å². The second kappa shape index (κ2) is 7.20. The molecule has 4 heteroatoms. The second-order valence-corrected chi connectivity index (χ2v) is 7.42. The van der Waals surface area contributed by atoms with Crippen LogP contribution in [-0.2, 0) is 11.3 Å². The Morgan fingerprint density at radius 1 is 1.19 bits per heavy atom. The molecular formula is C22H24N2O2. The lowest BCUT2D eigenvalue weighted by Gasteiger charge is -2.28. The zero-order chi connectivity index (χ0) is 18.0. The molecule has 0 radical (unpaired) electrons. The summed E-state index contributed by atoms with van der Waals surface area (Å²) in [5.41, 5.74) is 3.80. The molecule has 0 aliphatic carbocycles. The first-order chi connectivity index (χ1) is 12.7. The van der Waals surface area contributed by atoms with Crippen molar-refractivity contribution in [2.75, 3.05) is 19.7 Å². The molecule has 0 unspecified atom stereocenters. The van der Waals surface area contributed by atoms with Gasteiger partial charge in [-0.3, -0.25) is 4.90 Å². The summed E-state index contributed by atoms with van der Waals surface area (Å²) in [4.78, 5) is 2.40. The van der Waals surface area contributed by atoms with Crippen LogP contribution in [0.25, 0.3) is 11.1 Å². The van der Waals surface area contributed by atoms with Crippen molar-refractivity contribution in [2.24, 2.45) is 0 Å². The fourth-order valence-corrected chi connectivity index (χ4v) is 4.43. The molecule has 2 aliphatic heterocycles. The molecule has 0 bridgehead atoms. The minimum Gasteiger partial charge on any atom is -0.394 e. The van der Waals surface area contributed by atoms with E-state index in [0.717, 1.165) is 42.6 Å². The van der Waals surface area contributed by atoms with Gasteiger partial charge in [0.05, 0.1) is 31.0 Å². The van der Waals surface area contributed by atoms with Crippen LogP contribution in [0.3, 0.4) is 0 Å². The van der Waals surface area contributed by atoms with Gasteiger partial charge in [0, 0.05) is 12.1 Å². The van der Waals surface area contributed by atoms with Crippen LogP contribution >= 0.6 is 0 Å². The SMILES string of the molecule is N#Cc1ccccc1-c1ccc(CO[C@H]2CN3CCC[C@@]3(CO)C2)cc1. The molecule has 2 atom stereocenters. The van der Waals surface area contributed by atoms with Gasteiger partial charge in [0.15, 0.2) is 0 Å². The third-order valence-electron chi connectivity index (χ3n) is 5.87. The highest BCUT2D eigenvalue weighted by Gasteiger charge is 2.48. The molecule has 2 heterocycles. The summed E-state index contributed by atoms with van der Waals surface area (Å²) in [6, 6.07) is 18.2. The summed E-state index contributed by atoms with van der Waals surface area (Å²) in [5, 5.41) is 19.0. The van der Waals surface area contributed by atoms with Crippen LogP contribution in [-0.4, -0.2) is 41.3 Å². The van der Waals surface area contributed by atoms with Crippen LogP contribution in [0.5, 0.6) is 0 Å². The van der Waals surface area contributed by atoms with Gasteiger partial charge in [0.25, 0.3) is 0 Å². The zero-order valence-electron chi connectivity index (χ0n) is 14.9. The Kier molecular flexibility index (Phi) is 4.78. The number of hydrogen-bond donors (Lipinski definition) is 1. The Morgan fingerprint density at radius 3 is 2.73 bits per heavy atom. The van der Waals surface area contributed by atoms with Gasteiger partial charge in [-0.2, -0.15) is 5.26 Å². The molecule has 2 aromatic carbocycles. The Bertz CT molecular complexity index is 812. The molecule has 1 N–H and O–H groups in total. The van der Waals surface area contributed by atoms with Crippen molar-refractivity contribution in [2.45, 2.75) is 37.5 Å². The Hall–Kier alpha value is -2.19. The average Bonchev–Trinajstić information content (AvgIpc) is 3.24. The number of benzene rings is 2. The molecule has 2 aromatic rings. The lowest BCUT2D eigenvalue weighted by molar-refractivity contribution is 0.0437. The fourth-order valence-electron chi connectivity index (χ4n) is 4.43. The van der Waals surface area contributed by atoms with E-state index in [1.165, 1.54) is 6.42 Å². The molecule has 0 aromatic heterocycles. The largest absolute Gasteiger partial charge is 0.394 e. The molecule has 0 spiro atoms. The number of aliphatic hydroxyl groups is 1. The van der Waals surface area contributed by atoms with Gasteiger partial charge in [-0.25, -0.2) is 0 Å². The van der Waals surface area contributed by atoms with Gasteiger partial charge in [-0.15, -0.1) is 0 Å². The van der Waals surface area contributed by atoms with E-state index in [1.807, 2.05) is 24.3 Å². The van der Waals surface area contributed by atoms with Gasteiger partial charge >= 0.3 is 0 Å². The first-order valence-electron chi connectivity index (χ1n) is 9.30. The number of fused-ring (bicyclic) bond motifs is 1. The summed E-state index contributed by atoms with van der Waals surface area (Å²) in [6.45, 7) is 2.82. The fraction of sp³-hybridized carbons (Fsp3) is 0.409. The lowest BCUT2D eigenvalue weighted by Crippen LogP contribution is -2.41. The number of ether oxygens (including phenoxy) is 1. The maximum absolute atomic E-state index is 9.79. The summed E-state index contributed by atoms with van der Waals surface area (Å²) >= 11 is 0. The van der Waals surface area contributed by atoms with E-state index in [4.69, 9.17) is 4.74 Å². The van der Waals surface area contributed by atoms with Crippen molar-refractivity contribution < 1.29 is 9.84 Å². The van der Waals surface area contributed by atoms with Crippen molar-refractivity contribution in [1.82, 2.24) is 4.90 Å². The van der Waals surface area contributed by atoms with Crippen molar-refractivity contribution >= 4 is 0 Å². The van der Waals surface area contributed by atoms with Crippen molar-refractivity contribution in [3.63, 3.8) is 0 Å². The molecular weight excluding hydrogens is 324 g/mol. The van der Waals surface area contributed by atoms with Crippen molar-refractivity contribution in [3.8, 4) is 17.2 Å². The predicted octanol–water partition coefficient (Wildman–Crippen LogP) is 3.34. The lowest BCUT2D eigenvalue weighted by atomic mass is 9.94. The third kappa shape index (κ3) is 3.14. The van der Waals surface area contributed by atoms with Gasteiger partial charge in [0.2, 0.25) is 0 Å². The van der Waals surface area contributed by atoms with E-state index in [1.54, 1.807) is 0 Å². The molecule has 2 fully saturated rings. The van der Waals surface area contributed by atoms with E-state index < -0.39 is 0 Å². The highest BCUT2D eigenvalue weighted by Crippen LogP contribution is 2.39. The topological polar surface area (TPSA) is 56.5 Å². The second-order valence-electron chi connectivity index (χ2n) is 7.42. The minimum absolute atomic E-state index is 0.0322. The van der Waals surface area contributed by atoms with Gasteiger partial charge in [-0.1, -0.05) is 42.5 Å². The standard InChI is InChI=1S/C22H24N2O2/c23-13-19-4-1-2-5-21(19)18-8-6-17(7-9-18)15-26-20-12-22(16-25)10-3-11-24(22)14-20/h1-2,4-9,20,25H,3,10-12,14-16H2/t20-,22+/m1/s1. The zero-order valence-corrected chi connectivity index (χ0v) is 14.9. The number of nitriles is 1. The van der Waals surface area contributed by atoms with Crippen LogP contribution in [0, 0.1) is 11.3 Å². The Labute approximate surface area is 154 Å². The first kappa shape index (κ1) is 17.2. The van der Waals surface area contributed by atoms with Crippen molar-refractivity contribution in [1.29, 1.82) is 5.26 Å². The molecule has 134 valence electrons.